The van der Waals surface area contributed by atoms with Crippen LogP contribution in [0.15, 0.2) is 154 Å². The van der Waals surface area contributed by atoms with Gasteiger partial charge in [-0.05, 0) is 116 Å². The van der Waals surface area contributed by atoms with E-state index in [4.69, 9.17) is 18.8 Å². The van der Waals surface area contributed by atoms with Crippen LogP contribution in [0.4, 0.5) is 0 Å². The van der Waals surface area contributed by atoms with Gasteiger partial charge in [-0.25, -0.2) is 9.97 Å². The molecule has 0 saturated heterocycles. The summed E-state index contributed by atoms with van der Waals surface area (Å²) in [5, 5.41) is 0. The van der Waals surface area contributed by atoms with Crippen molar-refractivity contribution in [3.8, 4) is 34.0 Å². The molecule has 4 nitrogen and oxygen atoms in total. The van der Waals surface area contributed by atoms with Gasteiger partial charge in [0.25, 0.3) is 0 Å². The van der Waals surface area contributed by atoms with Gasteiger partial charge in [-0.1, -0.05) is 132 Å². The van der Waals surface area contributed by atoms with Crippen molar-refractivity contribution >= 4 is 33.3 Å². The maximum atomic E-state index is 6.21. The summed E-state index contributed by atoms with van der Waals surface area (Å²) in [5.41, 5.74) is 18.1. The molecule has 6 aromatic carbocycles. The van der Waals surface area contributed by atoms with E-state index in [1.807, 2.05) is 48.5 Å². The topological polar surface area (TPSA) is 52.1 Å². The maximum absolute atomic E-state index is 6.21. The van der Waals surface area contributed by atoms with Crippen molar-refractivity contribution in [3.63, 3.8) is 0 Å². The van der Waals surface area contributed by atoms with Crippen LogP contribution < -0.4 is 0 Å². The fraction of sp³-hybridized carbons (Fsp3) is 0.176. The Hall–Kier alpha value is -6.26. The lowest BCUT2D eigenvalue weighted by Crippen LogP contribution is -2.18. The Morgan fingerprint density at radius 3 is 1.78 bits per heavy atom. The third-order valence-corrected chi connectivity index (χ3v) is 11.7. The number of para-hydroxylation sites is 4. The maximum Gasteiger partial charge on any atom is 0.227 e. The summed E-state index contributed by atoms with van der Waals surface area (Å²) in [6, 6.07) is 47.4. The Labute approximate surface area is 321 Å². The van der Waals surface area contributed by atoms with Gasteiger partial charge in [0.15, 0.2) is 11.2 Å². The number of hydrogen-bond acceptors (Lipinski definition) is 4. The van der Waals surface area contributed by atoms with Crippen LogP contribution in [0.3, 0.4) is 0 Å². The summed E-state index contributed by atoms with van der Waals surface area (Å²) in [6.45, 7) is 11.7. The lowest BCUT2D eigenvalue weighted by atomic mass is 9.77. The van der Waals surface area contributed by atoms with Crippen molar-refractivity contribution in [1.29, 1.82) is 0 Å². The summed E-state index contributed by atoms with van der Waals surface area (Å²) >= 11 is 0. The first kappa shape index (κ1) is 33.3. The zero-order chi connectivity index (χ0) is 37.5. The number of allylic oxidation sites excluding steroid dienone is 4. The number of oxazole rings is 2. The van der Waals surface area contributed by atoms with E-state index in [9.17, 15) is 0 Å². The zero-order valence-electron chi connectivity index (χ0n) is 31.9. The highest BCUT2D eigenvalue weighted by Gasteiger charge is 2.37. The molecule has 55 heavy (non-hydrogen) atoms. The highest BCUT2D eigenvalue weighted by molar-refractivity contribution is 5.89. The highest BCUT2D eigenvalue weighted by atomic mass is 16.4. The second kappa shape index (κ2) is 12.4. The van der Waals surface area contributed by atoms with Crippen molar-refractivity contribution in [3.05, 3.63) is 179 Å². The normalized spacial score (nSPS) is 16.2. The summed E-state index contributed by atoms with van der Waals surface area (Å²) in [6.07, 6.45) is 5.67. The van der Waals surface area contributed by atoms with E-state index in [1.54, 1.807) is 0 Å². The standard InChI is InChI=1S/C51H42N2O2/c1-50(2,3)39-21-23-41-40-22-20-33(29-42(40)51(4,5)43(41)30-39)38-27-36(31-12-10-14-34(24-31)48-52-44-16-6-8-18-46(44)54-48)26-37(28-38)32-13-11-15-35(25-32)49-53-45-17-7-9-19-47(45)55-49/h6-27,29-30,38H,28H2,1-5H3. The molecule has 1 atom stereocenters. The minimum atomic E-state index is -0.107. The molecule has 0 saturated carbocycles. The van der Waals surface area contributed by atoms with Gasteiger partial charge >= 0.3 is 0 Å². The molecule has 0 radical (unpaired) electrons. The number of aromatic nitrogens is 2. The quantitative estimate of drug-likeness (QED) is 0.178. The molecule has 4 heteroatoms. The first-order valence-electron chi connectivity index (χ1n) is 19.2. The minimum absolute atomic E-state index is 0.0899. The molecular formula is C51H42N2O2. The van der Waals surface area contributed by atoms with Crippen molar-refractivity contribution in [2.45, 2.75) is 57.8 Å². The van der Waals surface area contributed by atoms with Crippen molar-refractivity contribution < 1.29 is 8.83 Å². The number of fused-ring (bicyclic) bond motifs is 5. The summed E-state index contributed by atoms with van der Waals surface area (Å²) in [7, 11) is 0. The first-order chi connectivity index (χ1) is 26.6. The average molecular weight is 715 g/mol. The fourth-order valence-corrected chi connectivity index (χ4v) is 8.53. The number of benzene rings is 6. The number of nitrogens with zero attached hydrogens (tertiary/aromatic N) is 2. The van der Waals surface area contributed by atoms with Gasteiger partial charge < -0.3 is 8.83 Å². The zero-order valence-corrected chi connectivity index (χ0v) is 31.9. The molecule has 0 amide bonds. The van der Waals surface area contributed by atoms with Crippen molar-refractivity contribution in [2.24, 2.45) is 0 Å². The molecule has 2 aliphatic carbocycles. The molecular weight excluding hydrogens is 673 g/mol. The van der Waals surface area contributed by atoms with E-state index in [-0.39, 0.29) is 16.7 Å². The molecule has 8 aromatic rings. The molecule has 10 rings (SSSR count). The van der Waals surface area contributed by atoms with Crippen LogP contribution >= 0.6 is 0 Å². The number of rotatable bonds is 5. The van der Waals surface area contributed by atoms with E-state index < -0.39 is 0 Å². The van der Waals surface area contributed by atoms with Crippen LogP contribution in [0.5, 0.6) is 0 Å². The van der Waals surface area contributed by atoms with Gasteiger partial charge in [0, 0.05) is 22.5 Å². The molecule has 2 aliphatic rings. The van der Waals surface area contributed by atoms with Gasteiger partial charge in [-0.3, -0.25) is 0 Å². The fourth-order valence-electron chi connectivity index (χ4n) is 8.53. The van der Waals surface area contributed by atoms with E-state index in [1.165, 1.54) is 44.5 Å². The lowest BCUT2D eigenvalue weighted by Gasteiger charge is -2.27. The average Bonchev–Trinajstić information content (AvgIpc) is 3.90. The highest BCUT2D eigenvalue weighted by Crippen LogP contribution is 2.51. The Kier molecular flexibility index (Phi) is 7.51. The predicted octanol–water partition coefficient (Wildman–Crippen LogP) is 13.6. The molecule has 1 unspecified atom stereocenters. The van der Waals surface area contributed by atoms with Crippen molar-refractivity contribution in [1.82, 2.24) is 9.97 Å². The Morgan fingerprint density at radius 1 is 0.582 bits per heavy atom. The van der Waals surface area contributed by atoms with Gasteiger partial charge in [-0.2, -0.15) is 0 Å². The third kappa shape index (κ3) is 5.75. The smallest absolute Gasteiger partial charge is 0.227 e. The van der Waals surface area contributed by atoms with E-state index in [0.29, 0.717) is 11.8 Å². The van der Waals surface area contributed by atoms with Crippen LogP contribution in [0.2, 0.25) is 0 Å². The van der Waals surface area contributed by atoms with E-state index >= 15 is 0 Å². The second-order valence-corrected chi connectivity index (χ2v) is 16.7. The number of hydrogen-bond donors (Lipinski definition) is 0. The summed E-state index contributed by atoms with van der Waals surface area (Å²) in [5.74, 6) is 1.42. The molecule has 0 bridgehead atoms. The Bertz CT molecular complexity index is 2810. The van der Waals surface area contributed by atoms with Gasteiger partial charge in [-0.15, -0.1) is 0 Å². The SMILES string of the molecule is CC(C)(C)c1ccc2c(c1)C(C)(C)c1cc(C3C=C(c4cccc(-c5nc6ccccc6o5)c4)C=C(c4cccc(-c5nc6ccccc6o5)c4)C3)ccc1-2. The van der Waals surface area contributed by atoms with E-state index in [0.717, 1.165) is 50.9 Å². The monoisotopic (exact) mass is 714 g/mol. The van der Waals surface area contributed by atoms with Crippen LogP contribution in [-0.4, -0.2) is 9.97 Å². The van der Waals surface area contributed by atoms with Crippen molar-refractivity contribution in [2.75, 3.05) is 0 Å². The Morgan fingerprint density at radius 2 is 1.15 bits per heavy atom. The van der Waals surface area contributed by atoms with Gasteiger partial charge in [0.2, 0.25) is 11.8 Å². The largest absolute Gasteiger partial charge is 0.436 e. The van der Waals surface area contributed by atoms with Crippen LogP contribution in [0.1, 0.15) is 80.3 Å². The van der Waals surface area contributed by atoms with Gasteiger partial charge in [0.1, 0.15) is 11.0 Å². The molecule has 2 aromatic heterocycles. The minimum Gasteiger partial charge on any atom is -0.436 e. The molecule has 0 spiro atoms. The second-order valence-electron chi connectivity index (χ2n) is 16.7. The van der Waals surface area contributed by atoms with Crippen LogP contribution in [0, 0.1) is 0 Å². The lowest BCUT2D eigenvalue weighted by molar-refractivity contribution is 0.584. The third-order valence-electron chi connectivity index (χ3n) is 11.7. The molecule has 2 heterocycles. The van der Waals surface area contributed by atoms with E-state index in [2.05, 4.69) is 132 Å². The molecule has 0 N–H and O–H groups in total. The molecule has 0 fully saturated rings. The van der Waals surface area contributed by atoms with Gasteiger partial charge in [0.05, 0.1) is 0 Å². The van der Waals surface area contributed by atoms with Crippen LogP contribution in [0.25, 0.3) is 67.4 Å². The molecule has 268 valence electrons. The summed E-state index contributed by atoms with van der Waals surface area (Å²) in [4.78, 5) is 9.63. The first-order valence-corrected chi connectivity index (χ1v) is 19.2. The summed E-state index contributed by atoms with van der Waals surface area (Å²) < 4.78 is 12.4. The molecule has 0 aliphatic heterocycles. The predicted molar refractivity (Wildman–Crippen MR) is 225 cm³/mol. The Balaban J connectivity index is 1.07. The van der Waals surface area contributed by atoms with Crippen LogP contribution in [-0.2, 0) is 10.8 Å².